The first-order valence-electron chi connectivity index (χ1n) is 8.63. The lowest BCUT2D eigenvalue weighted by Crippen LogP contribution is -1.87. The molecule has 1 heterocycles. The van der Waals surface area contributed by atoms with Crippen LogP contribution in [0.1, 0.15) is 11.3 Å². The second-order valence-corrected chi connectivity index (χ2v) is 6.69. The minimum Gasteiger partial charge on any atom is -0.461 e. The van der Waals surface area contributed by atoms with Crippen LogP contribution in [0.3, 0.4) is 0 Å². The Hall–Kier alpha value is -3.06. The number of benzene rings is 3. The van der Waals surface area contributed by atoms with Gasteiger partial charge < -0.3 is 4.42 Å². The summed E-state index contributed by atoms with van der Waals surface area (Å²) in [4.78, 5) is 0. The molecule has 0 N–H and O–H groups in total. The molecule has 0 saturated heterocycles. The fourth-order valence-electron chi connectivity index (χ4n) is 3.95. The maximum atomic E-state index is 6.15. The number of aryl methyl sites for hydroxylation is 2. The molecule has 0 fully saturated rings. The zero-order valence-electron chi connectivity index (χ0n) is 14.3. The van der Waals surface area contributed by atoms with Crippen molar-refractivity contribution in [2.45, 2.75) is 13.8 Å². The molecule has 120 valence electrons. The van der Waals surface area contributed by atoms with E-state index in [0.29, 0.717) is 0 Å². The fraction of sp³-hybridized carbons (Fsp3) is 0.0833. The van der Waals surface area contributed by atoms with Crippen LogP contribution in [-0.2, 0) is 0 Å². The van der Waals surface area contributed by atoms with Crippen molar-refractivity contribution in [3.05, 3.63) is 84.1 Å². The third kappa shape index (κ3) is 2.02. The number of hydrogen-bond acceptors (Lipinski definition) is 1. The Bertz CT molecular complexity index is 1190. The Labute approximate surface area is 146 Å². The van der Waals surface area contributed by atoms with Crippen molar-refractivity contribution in [1.82, 2.24) is 0 Å². The van der Waals surface area contributed by atoms with E-state index in [1.54, 1.807) is 0 Å². The molecule has 1 heteroatoms. The molecule has 1 aliphatic heterocycles. The van der Waals surface area contributed by atoms with E-state index in [2.05, 4.69) is 80.6 Å². The van der Waals surface area contributed by atoms with Gasteiger partial charge in [-0.25, -0.2) is 0 Å². The van der Waals surface area contributed by atoms with Gasteiger partial charge in [0, 0.05) is 16.5 Å². The summed E-state index contributed by atoms with van der Waals surface area (Å²) in [7, 11) is 0. The predicted molar refractivity (Wildman–Crippen MR) is 105 cm³/mol. The lowest BCUT2D eigenvalue weighted by atomic mass is 9.95. The molecule has 0 aromatic heterocycles. The van der Waals surface area contributed by atoms with Crippen molar-refractivity contribution in [3.8, 4) is 22.3 Å². The zero-order chi connectivity index (χ0) is 17.0. The summed E-state index contributed by atoms with van der Waals surface area (Å²) in [5.74, 6) is 0.975. The van der Waals surface area contributed by atoms with E-state index in [4.69, 9.17) is 4.42 Å². The van der Waals surface area contributed by atoms with Crippen LogP contribution >= 0.6 is 0 Å². The van der Waals surface area contributed by atoms with Gasteiger partial charge in [-0.1, -0.05) is 72.3 Å². The van der Waals surface area contributed by atoms with Gasteiger partial charge in [0.1, 0.15) is 11.3 Å². The minimum absolute atomic E-state index is 0.941. The second-order valence-electron chi connectivity index (χ2n) is 6.69. The summed E-state index contributed by atoms with van der Waals surface area (Å²) >= 11 is 0. The molecule has 5 rings (SSSR count). The first-order chi connectivity index (χ1) is 12.2. The topological polar surface area (TPSA) is 13.1 Å². The van der Waals surface area contributed by atoms with Crippen LogP contribution in [0.4, 0.5) is 0 Å². The molecule has 25 heavy (non-hydrogen) atoms. The summed E-state index contributed by atoms with van der Waals surface area (Å²) < 4.78 is 6.15. The molecule has 0 amide bonds. The van der Waals surface area contributed by atoms with E-state index < -0.39 is 0 Å². The number of para-hydroxylation sites is 1. The van der Waals surface area contributed by atoms with E-state index in [9.17, 15) is 0 Å². The highest BCUT2D eigenvalue weighted by molar-refractivity contribution is 6.20. The van der Waals surface area contributed by atoms with Crippen LogP contribution in [0.25, 0.3) is 44.0 Å². The Kier molecular flexibility index (Phi) is 2.98. The predicted octanol–water partition coefficient (Wildman–Crippen LogP) is 6.97. The van der Waals surface area contributed by atoms with E-state index in [0.717, 1.165) is 11.3 Å². The van der Waals surface area contributed by atoms with Gasteiger partial charge in [-0.2, -0.15) is 0 Å². The van der Waals surface area contributed by atoms with Crippen molar-refractivity contribution >= 4 is 21.7 Å². The van der Waals surface area contributed by atoms with E-state index in [-0.39, 0.29) is 0 Å². The largest absolute Gasteiger partial charge is 0.461 e. The molecule has 0 spiro atoms. The lowest BCUT2D eigenvalue weighted by molar-refractivity contribution is 0.569. The highest BCUT2D eigenvalue weighted by Crippen LogP contribution is 2.49. The quantitative estimate of drug-likeness (QED) is 0.324. The standard InChI is InChI=1S/C24H18O/c1-15-11-13-17(14-12-15)23-19-8-4-3-7-18(19)22-16(2)25-21-10-6-5-9-20(21)24(22)23/h3-14H,1-2H3. The van der Waals surface area contributed by atoms with Gasteiger partial charge in [0.2, 0.25) is 0 Å². The SMILES string of the molecule is Cc1ccc(-c2c3c4ccccc4oc(C)c-3c3ccccc23)cc1. The summed E-state index contributed by atoms with van der Waals surface area (Å²) in [5, 5.41) is 3.73. The summed E-state index contributed by atoms with van der Waals surface area (Å²) in [6.07, 6.45) is 0. The molecule has 1 nitrogen and oxygen atoms in total. The number of rotatable bonds is 1. The molecule has 0 atom stereocenters. The summed E-state index contributed by atoms with van der Waals surface area (Å²) in [6.45, 7) is 4.20. The smallest absolute Gasteiger partial charge is 0.134 e. The monoisotopic (exact) mass is 322 g/mol. The van der Waals surface area contributed by atoms with Gasteiger partial charge in [-0.15, -0.1) is 0 Å². The molecule has 0 saturated carbocycles. The zero-order valence-corrected chi connectivity index (χ0v) is 14.3. The number of fused-ring (bicyclic) bond motifs is 5. The van der Waals surface area contributed by atoms with E-state index in [1.165, 1.54) is 44.0 Å². The van der Waals surface area contributed by atoms with Crippen LogP contribution in [0.5, 0.6) is 0 Å². The molecule has 3 aromatic carbocycles. The van der Waals surface area contributed by atoms with Crippen LogP contribution in [0.2, 0.25) is 0 Å². The van der Waals surface area contributed by atoms with Crippen LogP contribution < -0.4 is 0 Å². The maximum Gasteiger partial charge on any atom is 0.134 e. The van der Waals surface area contributed by atoms with Crippen LogP contribution in [0.15, 0.2) is 77.2 Å². The average Bonchev–Trinajstić information content (AvgIpc) is 2.99. The molecule has 3 aromatic rings. The van der Waals surface area contributed by atoms with Gasteiger partial charge in [-0.05, 0) is 41.8 Å². The summed E-state index contributed by atoms with van der Waals surface area (Å²) in [6, 6.07) is 25.8. The van der Waals surface area contributed by atoms with Gasteiger partial charge in [0.25, 0.3) is 0 Å². The van der Waals surface area contributed by atoms with E-state index >= 15 is 0 Å². The second kappa shape index (κ2) is 5.22. The molecular formula is C24H18O. The first-order valence-corrected chi connectivity index (χ1v) is 8.63. The highest BCUT2D eigenvalue weighted by Gasteiger charge is 2.24. The molecule has 1 aliphatic carbocycles. The van der Waals surface area contributed by atoms with Crippen molar-refractivity contribution in [3.63, 3.8) is 0 Å². The maximum absolute atomic E-state index is 6.15. The van der Waals surface area contributed by atoms with Crippen molar-refractivity contribution < 1.29 is 4.42 Å². The number of hydrogen-bond donors (Lipinski definition) is 0. The Morgan fingerprint density at radius 3 is 1.88 bits per heavy atom. The first kappa shape index (κ1) is 14.3. The molecule has 0 radical (unpaired) electrons. The average molecular weight is 322 g/mol. The van der Waals surface area contributed by atoms with Gasteiger partial charge in [-0.3, -0.25) is 0 Å². The Morgan fingerprint density at radius 1 is 0.560 bits per heavy atom. The van der Waals surface area contributed by atoms with Gasteiger partial charge >= 0.3 is 0 Å². The summed E-state index contributed by atoms with van der Waals surface area (Å²) in [5.41, 5.74) is 7.30. The van der Waals surface area contributed by atoms with Crippen LogP contribution in [0, 0.1) is 13.8 Å². The fourth-order valence-corrected chi connectivity index (χ4v) is 3.95. The van der Waals surface area contributed by atoms with Crippen molar-refractivity contribution in [2.24, 2.45) is 0 Å². The van der Waals surface area contributed by atoms with E-state index in [1.807, 2.05) is 6.07 Å². The lowest BCUT2D eigenvalue weighted by Gasteiger charge is -2.12. The molecule has 0 bridgehead atoms. The minimum atomic E-state index is 0.941. The highest BCUT2D eigenvalue weighted by atomic mass is 16.3. The molecule has 0 unspecified atom stereocenters. The molecule has 2 aliphatic rings. The van der Waals surface area contributed by atoms with Crippen LogP contribution in [-0.4, -0.2) is 0 Å². The third-order valence-corrected chi connectivity index (χ3v) is 5.08. The van der Waals surface area contributed by atoms with Gasteiger partial charge in [0.15, 0.2) is 0 Å². The van der Waals surface area contributed by atoms with Crippen molar-refractivity contribution in [2.75, 3.05) is 0 Å². The Balaban J connectivity index is 2.05. The normalized spacial score (nSPS) is 11.6. The Morgan fingerprint density at radius 2 is 1.16 bits per heavy atom. The third-order valence-electron chi connectivity index (χ3n) is 5.08. The molecular weight excluding hydrogens is 304 g/mol. The van der Waals surface area contributed by atoms with Gasteiger partial charge in [0.05, 0.1) is 0 Å². The van der Waals surface area contributed by atoms with Crippen molar-refractivity contribution in [1.29, 1.82) is 0 Å².